The van der Waals surface area contributed by atoms with E-state index in [1.54, 1.807) is 51.5 Å². The van der Waals surface area contributed by atoms with E-state index in [2.05, 4.69) is 4.99 Å². The van der Waals surface area contributed by atoms with Crippen LogP contribution in [0, 0.1) is 6.92 Å². The summed E-state index contributed by atoms with van der Waals surface area (Å²) >= 11 is 1.33. The minimum absolute atomic E-state index is 0.107. The molecule has 0 N–H and O–H groups in total. The summed E-state index contributed by atoms with van der Waals surface area (Å²) in [7, 11) is 6.39. The highest BCUT2D eigenvalue weighted by atomic mass is 32.2. The first-order valence-corrected chi connectivity index (χ1v) is 9.41. The molecule has 1 saturated heterocycles. The van der Waals surface area contributed by atoms with Crippen molar-refractivity contribution in [3.8, 4) is 17.2 Å². The maximum absolute atomic E-state index is 12.7. The third kappa shape index (κ3) is 3.99. The molecule has 1 aliphatic heterocycles. The Bertz CT molecular complexity index is 926. The molecule has 0 spiro atoms. The number of thioether (sulfide) groups is 1. The molecule has 0 aliphatic carbocycles. The number of hydrogen-bond donors (Lipinski definition) is 0. The van der Waals surface area contributed by atoms with E-state index in [-0.39, 0.29) is 5.91 Å². The van der Waals surface area contributed by atoms with Gasteiger partial charge >= 0.3 is 0 Å². The molecule has 1 fully saturated rings. The van der Waals surface area contributed by atoms with Crippen LogP contribution in [-0.4, -0.2) is 44.4 Å². The second kappa shape index (κ2) is 8.39. The molecule has 0 unspecified atom stereocenters. The van der Waals surface area contributed by atoms with Gasteiger partial charge in [0.15, 0.2) is 16.7 Å². The van der Waals surface area contributed by atoms with Crippen molar-refractivity contribution in [2.45, 2.75) is 6.92 Å². The van der Waals surface area contributed by atoms with Gasteiger partial charge in [0.2, 0.25) is 5.75 Å². The van der Waals surface area contributed by atoms with E-state index in [1.807, 2.05) is 31.2 Å². The van der Waals surface area contributed by atoms with Gasteiger partial charge in [-0.05, 0) is 54.6 Å². The monoisotopic (exact) mass is 398 g/mol. The van der Waals surface area contributed by atoms with E-state index in [4.69, 9.17) is 14.2 Å². The van der Waals surface area contributed by atoms with Crippen LogP contribution in [0.5, 0.6) is 17.2 Å². The van der Waals surface area contributed by atoms with Crippen molar-refractivity contribution >= 4 is 34.6 Å². The van der Waals surface area contributed by atoms with E-state index in [1.165, 1.54) is 11.8 Å². The topological polar surface area (TPSA) is 60.4 Å². The number of aliphatic imine (C=N–C) groups is 1. The Morgan fingerprint density at radius 1 is 1.00 bits per heavy atom. The van der Waals surface area contributed by atoms with E-state index >= 15 is 0 Å². The fourth-order valence-electron chi connectivity index (χ4n) is 2.72. The number of amidine groups is 1. The third-order valence-corrected chi connectivity index (χ3v) is 5.31. The summed E-state index contributed by atoms with van der Waals surface area (Å²) in [4.78, 5) is 19.4. The Labute approximate surface area is 168 Å². The second-order valence-corrected chi connectivity index (χ2v) is 7.17. The van der Waals surface area contributed by atoms with E-state index in [0.717, 1.165) is 16.8 Å². The predicted molar refractivity (Wildman–Crippen MR) is 113 cm³/mol. The highest BCUT2D eigenvalue weighted by Gasteiger charge is 2.30. The van der Waals surface area contributed by atoms with Crippen LogP contribution >= 0.6 is 11.8 Å². The summed E-state index contributed by atoms with van der Waals surface area (Å²) in [6.45, 7) is 2.02. The number of aryl methyl sites for hydroxylation is 1. The van der Waals surface area contributed by atoms with Gasteiger partial charge in [0, 0.05) is 7.05 Å². The lowest BCUT2D eigenvalue weighted by molar-refractivity contribution is -0.121. The molecule has 0 atom stereocenters. The first-order chi connectivity index (χ1) is 13.5. The zero-order valence-corrected chi connectivity index (χ0v) is 17.3. The van der Waals surface area contributed by atoms with Crippen LogP contribution in [0.2, 0.25) is 0 Å². The minimum Gasteiger partial charge on any atom is -0.493 e. The normalized spacial score (nSPS) is 16.8. The summed E-state index contributed by atoms with van der Waals surface area (Å²) in [5.41, 5.74) is 2.74. The fraction of sp³-hybridized carbons (Fsp3) is 0.238. The van der Waals surface area contributed by atoms with E-state index in [0.29, 0.717) is 27.3 Å². The molecule has 1 heterocycles. The summed E-state index contributed by atoms with van der Waals surface area (Å²) in [6.07, 6.45) is 1.80. The number of amides is 1. The Morgan fingerprint density at radius 2 is 1.61 bits per heavy atom. The standard InChI is InChI=1S/C21H22N2O4S/c1-13-6-8-15(9-7-13)22-21-23(2)20(24)18(28-21)12-14-10-16(25-3)19(27-5)17(11-14)26-4/h6-12H,1-5H3/b18-12-,22-21?. The van der Waals surface area contributed by atoms with Crippen molar-refractivity contribution in [1.29, 1.82) is 0 Å². The fourth-order valence-corrected chi connectivity index (χ4v) is 3.70. The summed E-state index contributed by atoms with van der Waals surface area (Å²) in [5, 5.41) is 0.632. The average molecular weight is 398 g/mol. The average Bonchev–Trinajstić information content (AvgIpc) is 2.96. The third-order valence-electron chi connectivity index (χ3n) is 4.25. The largest absolute Gasteiger partial charge is 0.493 e. The van der Waals surface area contributed by atoms with E-state index in [9.17, 15) is 4.79 Å². The van der Waals surface area contributed by atoms with Crippen molar-refractivity contribution in [3.05, 3.63) is 52.4 Å². The second-order valence-electron chi connectivity index (χ2n) is 6.16. The first-order valence-electron chi connectivity index (χ1n) is 8.59. The van der Waals surface area contributed by atoms with Crippen molar-refractivity contribution in [2.75, 3.05) is 28.4 Å². The number of rotatable bonds is 5. The van der Waals surface area contributed by atoms with Gasteiger partial charge in [-0.25, -0.2) is 4.99 Å². The molecule has 6 nitrogen and oxygen atoms in total. The molecule has 0 aromatic heterocycles. The Balaban J connectivity index is 1.95. The summed E-state index contributed by atoms with van der Waals surface area (Å²) in [5.74, 6) is 1.47. The molecular weight excluding hydrogens is 376 g/mol. The van der Waals surface area contributed by atoms with Gasteiger partial charge in [0.25, 0.3) is 5.91 Å². The zero-order valence-electron chi connectivity index (χ0n) is 16.5. The predicted octanol–water partition coefficient (Wildman–Crippen LogP) is 4.25. The molecule has 146 valence electrons. The number of nitrogens with zero attached hydrogens (tertiary/aromatic N) is 2. The smallest absolute Gasteiger partial charge is 0.266 e. The Kier molecular flexibility index (Phi) is 5.94. The lowest BCUT2D eigenvalue weighted by Gasteiger charge is -2.13. The molecule has 28 heavy (non-hydrogen) atoms. The number of benzene rings is 2. The van der Waals surface area contributed by atoms with Gasteiger partial charge in [0.05, 0.1) is 31.9 Å². The molecule has 2 aromatic carbocycles. The zero-order chi connectivity index (χ0) is 20.3. The number of ether oxygens (including phenoxy) is 3. The summed E-state index contributed by atoms with van der Waals surface area (Å²) < 4.78 is 16.1. The number of carbonyl (C=O) groups is 1. The summed E-state index contributed by atoms with van der Waals surface area (Å²) in [6, 6.07) is 11.5. The van der Waals surface area contributed by atoms with Crippen LogP contribution in [0.1, 0.15) is 11.1 Å². The lowest BCUT2D eigenvalue weighted by atomic mass is 10.1. The van der Waals surface area contributed by atoms with Gasteiger partial charge in [0.1, 0.15) is 0 Å². The SMILES string of the molecule is COc1cc(/C=C2\SC(=Nc3ccc(C)cc3)N(C)C2=O)cc(OC)c1OC. The molecule has 1 aliphatic rings. The molecule has 7 heteroatoms. The number of carbonyl (C=O) groups excluding carboxylic acids is 1. The van der Waals surface area contributed by atoms with Crippen molar-refractivity contribution < 1.29 is 19.0 Å². The minimum atomic E-state index is -0.107. The van der Waals surface area contributed by atoms with Crippen LogP contribution in [0.25, 0.3) is 6.08 Å². The molecule has 3 rings (SSSR count). The van der Waals surface area contributed by atoms with Crippen LogP contribution in [0.15, 0.2) is 46.3 Å². The van der Waals surface area contributed by atoms with Gasteiger partial charge < -0.3 is 14.2 Å². The van der Waals surface area contributed by atoms with Crippen LogP contribution in [-0.2, 0) is 4.79 Å². The molecule has 0 bridgehead atoms. The number of likely N-dealkylation sites (N-methyl/N-ethyl adjacent to an activating group) is 1. The Hall–Kier alpha value is -2.93. The molecule has 0 radical (unpaired) electrons. The van der Waals surface area contributed by atoms with Gasteiger partial charge in [-0.15, -0.1) is 0 Å². The van der Waals surface area contributed by atoms with Gasteiger partial charge in [-0.2, -0.15) is 0 Å². The highest BCUT2D eigenvalue weighted by Crippen LogP contribution is 2.40. The maximum Gasteiger partial charge on any atom is 0.266 e. The Morgan fingerprint density at radius 3 is 2.14 bits per heavy atom. The van der Waals surface area contributed by atoms with Crippen molar-refractivity contribution in [2.24, 2.45) is 4.99 Å². The lowest BCUT2D eigenvalue weighted by Crippen LogP contribution is -2.23. The van der Waals surface area contributed by atoms with Crippen molar-refractivity contribution in [3.63, 3.8) is 0 Å². The van der Waals surface area contributed by atoms with E-state index < -0.39 is 0 Å². The maximum atomic E-state index is 12.7. The molecule has 2 aromatic rings. The first kappa shape index (κ1) is 19.8. The van der Waals surface area contributed by atoms with Crippen LogP contribution in [0.4, 0.5) is 5.69 Å². The van der Waals surface area contributed by atoms with Gasteiger partial charge in [-0.1, -0.05) is 17.7 Å². The molecular formula is C21H22N2O4S. The quantitative estimate of drug-likeness (QED) is 0.705. The van der Waals surface area contributed by atoms with Crippen molar-refractivity contribution in [1.82, 2.24) is 4.90 Å². The highest BCUT2D eigenvalue weighted by molar-refractivity contribution is 8.18. The van der Waals surface area contributed by atoms with Gasteiger partial charge in [-0.3, -0.25) is 9.69 Å². The molecule has 0 saturated carbocycles. The van der Waals surface area contributed by atoms with Crippen LogP contribution < -0.4 is 14.2 Å². The number of methoxy groups -OCH3 is 3. The number of hydrogen-bond acceptors (Lipinski definition) is 6. The molecule has 1 amide bonds. The van der Waals surface area contributed by atoms with Crippen LogP contribution in [0.3, 0.4) is 0 Å².